The topological polar surface area (TPSA) is 113 Å². The average molecular weight is 322 g/mol. The summed E-state index contributed by atoms with van der Waals surface area (Å²) in [6.07, 6.45) is 0. The molecule has 0 bridgehead atoms. The molecule has 2 amide bonds. The maximum atomic E-state index is 12.2. The van der Waals surface area contributed by atoms with Crippen molar-refractivity contribution in [3.05, 3.63) is 54.1 Å². The number of nitrogens with one attached hydrogen (secondary N) is 3. The first kappa shape index (κ1) is 15.3. The van der Waals surface area contributed by atoms with Crippen LogP contribution in [-0.4, -0.2) is 32.4 Å². The first-order valence-electron chi connectivity index (χ1n) is 7.15. The molecule has 0 atom stereocenters. The van der Waals surface area contributed by atoms with E-state index in [9.17, 15) is 9.59 Å². The van der Waals surface area contributed by atoms with Crippen molar-refractivity contribution >= 4 is 23.2 Å². The molecule has 0 aliphatic heterocycles. The highest BCUT2D eigenvalue weighted by atomic mass is 16.2. The van der Waals surface area contributed by atoms with E-state index in [2.05, 4.69) is 31.3 Å². The van der Waals surface area contributed by atoms with E-state index in [1.807, 2.05) is 0 Å². The number of hydrogen-bond acceptors (Lipinski definition) is 5. The summed E-state index contributed by atoms with van der Waals surface area (Å²) in [5, 5.41) is 19.1. The predicted octanol–water partition coefficient (Wildman–Crippen LogP) is 2.08. The molecular formula is C16H14N6O2. The first-order chi connectivity index (χ1) is 11.6. The van der Waals surface area contributed by atoms with Crippen LogP contribution in [0.5, 0.6) is 0 Å². The first-order valence-corrected chi connectivity index (χ1v) is 7.15. The number of amides is 2. The van der Waals surface area contributed by atoms with E-state index in [0.29, 0.717) is 22.8 Å². The zero-order valence-corrected chi connectivity index (χ0v) is 12.8. The van der Waals surface area contributed by atoms with Gasteiger partial charge in [0, 0.05) is 29.4 Å². The van der Waals surface area contributed by atoms with Gasteiger partial charge in [-0.2, -0.15) is 5.21 Å². The van der Waals surface area contributed by atoms with Gasteiger partial charge in [-0.05, 0) is 41.6 Å². The van der Waals surface area contributed by atoms with Gasteiger partial charge in [0.25, 0.3) is 5.91 Å². The molecule has 24 heavy (non-hydrogen) atoms. The molecule has 8 nitrogen and oxygen atoms in total. The summed E-state index contributed by atoms with van der Waals surface area (Å²) in [7, 11) is 0. The molecule has 0 aliphatic carbocycles. The second-order valence-electron chi connectivity index (χ2n) is 5.03. The minimum atomic E-state index is -0.234. The van der Waals surface area contributed by atoms with Crippen LogP contribution in [0.2, 0.25) is 0 Å². The van der Waals surface area contributed by atoms with Crippen molar-refractivity contribution < 1.29 is 9.59 Å². The molecule has 8 heteroatoms. The molecule has 3 N–H and O–H groups in total. The Morgan fingerprint density at radius 3 is 2.08 bits per heavy atom. The van der Waals surface area contributed by atoms with Gasteiger partial charge < -0.3 is 10.6 Å². The minimum Gasteiger partial charge on any atom is -0.326 e. The number of benzene rings is 2. The number of rotatable bonds is 4. The van der Waals surface area contributed by atoms with Gasteiger partial charge in [0.05, 0.1) is 0 Å². The van der Waals surface area contributed by atoms with E-state index in [1.54, 1.807) is 48.5 Å². The SMILES string of the molecule is CC(=O)Nc1ccc(NC(=O)c2ccc(-c3nn[nH]n3)cc2)cc1. The normalized spacial score (nSPS) is 10.2. The fourth-order valence-electron chi connectivity index (χ4n) is 2.10. The van der Waals surface area contributed by atoms with Gasteiger partial charge in [0.1, 0.15) is 0 Å². The fourth-order valence-corrected chi connectivity index (χ4v) is 2.10. The molecule has 2 aromatic carbocycles. The molecule has 3 rings (SSSR count). The van der Waals surface area contributed by atoms with Crippen LogP contribution in [0, 0.1) is 0 Å². The van der Waals surface area contributed by atoms with Crippen LogP contribution >= 0.6 is 0 Å². The molecule has 0 aliphatic rings. The number of tetrazole rings is 1. The van der Waals surface area contributed by atoms with Gasteiger partial charge in [0.2, 0.25) is 11.7 Å². The lowest BCUT2D eigenvalue weighted by Crippen LogP contribution is -2.12. The molecule has 120 valence electrons. The lowest BCUT2D eigenvalue weighted by atomic mass is 10.1. The Bertz CT molecular complexity index is 841. The molecule has 0 radical (unpaired) electrons. The molecule has 0 unspecified atom stereocenters. The monoisotopic (exact) mass is 322 g/mol. The van der Waals surface area contributed by atoms with Crippen molar-refractivity contribution in [3.8, 4) is 11.4 Å². The van der Waals surface area contributed by atoms with E-state index < -0.39 is 0 Å². The molecular weight excluding hydrogens is 308 g/mol. The van der Waals surface area contributed by atoms with E-state index in [-0.39, 0.29) is 11.8 Å². The zero-order chi connectivity index (χ0) is 16.9. The predicted molar refractivity (Wildman–Crippen MR) is 88.3 cm³/mol. The summed E-state index contributed by atoms with van der Waals surface area (Å²) in [5.74, 6) is 0.0888. The molecule has 1 aromatic heterocycles. The summed E-state index contributed by atoms with van der Waals surface area (Å²) in [6.45, 7) is 1.44. The quantitative estimate of drug-likeness (QED) is 0.680. The molecule has 0 fully saturated rings. The lowest BCUT2D eigenvalue weighted by molar-refractivity contribution is -0.114. The number of H-pyrrole nitrogens is 1. The van der Waals surface area contributed by atoms with Crippen molar-refractivity contribution in [2.24, 2.45) is 0 Å². The van der Waals surface area contributed by atoms with Gasteiger partial charge in [-0.15, -0.1) is 10.2 Å². The van der Waals surface area contributed by atoms with Gasteiger partial charge in [-0.25, -0.2) is 0 Å². The van der Waals surface area contributed by atoms with Crippen molar-refractivity contribution in [2.45, 2.75) is 6.92 Å². The third-order valence-electron chi connectivity index (χ3n) is 3.21. The maximum absolute atomic E-state index is 12.2. The third kappa shape index (κ3) is 3.61. The van der Waals surface area contributed by atoms with Crippen molar-refractivity contribution in [2.75, 3.05) is 10.6 Å². The summed E-state index contributed by atoms with van der Waals surface area (Å²) in [5.41, 5.74) is 2.58. The Morgan fingerprint density at radius 2 is 1.54 bits per heavy atom. The summed E-state index contributed by atoms with van der Waals surface area (Å²) in [4.78, 5) is 23.2. The smallest absolute Gasteiger partial charge is 0.255 e. The molecule has 0 saturated carbocycles. The molecule has 1 heterocycles. The van der Waals surface area contributed by atoms with Gasteiger partial charge in [-0.1, -0.05) is 12.1 Å². The summed E-state index contributed by atoms with van der Waals surface area (Å²) >= 11 is 0. The second kappa shape index (κ2) is 6.69. The zero-order valence-electron chi connectivity index (χ0n) is 12.8. The van der Waals surface area contributed by atoms with Crippen LogP contribution in [-0.2, 0) is 4.79 Å². The minimum absolute atomic E-state index is 0.145. The number of nitrogens with zero attached hydrogens (tertiary/aromatic N) is 3. The van der Waals surface area contributed by atoms with Crippen LogP contribution in [0.4, 0.5) is 11.4 Å². The van der Waals surface area contributed by atoms with Crippen molar-refractivity contribution in [1.29, 1.82) is 0 Å². The average Bonchev–Trinajstić information content (AvgIpc) is 3.11. The highest BCUT2D eigenvalue weighted by molar-refractivity contribution is 6.04. The van der Waals surface area contributed by atoms with E-state index >= 15 is 0 Å². The van der Waals surface area contributed by atoms with Crippen LogP contribution in [0.25, 0.3) is 11.4 Å². The van der Waals surface area contributed by atoms with E-state index in [4.69, 9.17) is 0 Å². The van der Waals surface area contributed by atoms with Gasteiger partial charge in [0.15, 0.2) is 0 Å². The number of hydrogen-bond donors (Lipinski definition) is 3. The number of carbonyl (C=O) groups is 2. The number of aromatic amines is 1. The van der Waals surface area contributed by atoms with Crippen LogP contribution < -0.4 is 10.6 Å². The van der Waals surface area contributed by atoms with Crippen molar-refractivity contribution in [1.82, 2.24) is 20.6 Å². The molecule has 0 spiro atoms. The maximum Gasteiger partial charge on any atom is 0.255 e. The molecule has 0 saturated heterocycles. The van der Waals surface area contributed by atoms with E-state index in [0.717, 1.165) is 5.56 Å². The summed E-state index contributed by atoms with van der Waals surface area (Å²) in [6, 6.07) is 13.7. The van der Waals surface area contributed by atoms with Gasteiger partial charge in [-0.3, -0.25) is 9.59 Å². The number of carbonyl (C=O) groups excluding carboxylic acids is 2. The van der Waals surface area contributed by atoms with Crippen LogP contribution in [0.3, 0.4) is 0 Å². The van der Waals surface area contributed by atoms with Crippen LogP contribution in [0.15, 0.2) is 48.5 Å². The number of aromatic nitrogens is 4. The Labute approximate surface area is 137 Å². The highest BCUT2D eigenvalue weighted by Crippen LogP contribution is 2.17. The lowest BCUT2D eigenvalue weighted by Gasteiger charge is -2.07. The third-order valence-corrected chi connectivity index (χ3v) is 3.21. The highest BCUT2D eigenvalue weighted by Gasteiger charge is 2.08. The fraction of sp³-hybridized carbons (Fsp3) is 0.0625. The molecule has 3 aromatic rings. The largest absolute Gasteiger partial charge is 0.326 e. The number of anilines is 2. The van der Waals surface area contributed by atoms with E-state index in [1.165, 1.54) is 6.92 Å². The Hall–Kier alpha value is -3.55. The Kier molecular flexibility index (Phi) is 4.28. The van der Waals surface area contributed by atoms with Gasteiger partial charge >= 0.3 is 0 Å². The van der Waals surface area contributed by atoms with Crippen LogP contribution in [0.1, 0.15) is 17.3 Å². The van der Waals surface area contributed by atoms with Crippen molar-refractivity contribution in [3.63, 3.8) is 0 Å². The Morgan fingerprint density at radius 1 is 0.917 bits per heavy atom. The summed E-state index contributed by atoms with van der Waals surface area (Å²) < 4.78 is 0. The second-order valence-corrected chi connectivity index (χ2v) is 5.03. The standard InChI is InChI=1S/C16H14N6O2/c1-10(23)17-13-6-8-14(9-7-13)18-16(24)12-4-2-11(3-5-12)15-19-21-22-20-15/h2-9H,1H3,(H,17,23)(H,18,24)(H,19,20,21,22). The Balaban J connectivity index is 1.67.